The second-order valence-electron chi connectivity index (χ2n) is 5.41. The number of imidazole rings is 1. The third-order valence-electron chi connectivity index (χ3n) is 3.82. The molecule has 0 atom stereocenters. The van der Waals surface area contributed by atoms with Crippen LogP contribution < -0.4 is 0 Å². The fraction of sp³-hybridized carbons (Fsp3) is 0.692. The Bertz CT molecular complexity index is 520. The lowest BCUT2D eigenvalue weighted by Gasteiger charge is -2.35. The Labute approximate surface area is 121 Å². The molecule has 0 amide bonds. The lowest BCUT2D eigenvalue weighted by molar-refractivity contribution is -0.389. The van der Waals surface area contributed by atoms with Crippen molar-refractivity contribution in [3.63, 3.8) is 0 Å². The van der Waals surface area contributed by atoms with Crippen molar-refractivity contribution in [2.75, 3.05) is 6.61 Å². The van der Waals surface area contributed by atoms with Crippen LogP contribution >= 0.6 is 0 Å². The summed E-state index contributed by atoms with van der Waals surface area (Å²) in [5.41, 5.74) is -0.961. The van der Waals surface area contributed by atoms with E-state index in [-0.39, 0.29) is 24.2 Å². The molecule has 8 nitrogen and oxygen atoms in total. The zero-order chi connectivity index (χ0) is 15.5. The number of hydrogen-bond acceptors (Lipinski definition) is 6. The summed E-state index contributed by atoms with van der Waals surface area (Å²) in [6.45, 7) is 2.37. The van der Waals surface area contributed by atoms with Crippen LogP contribution in [-0.4, -0.2) is 37.8 Å². The molecule has 21 heavy (non-hydrogen) atoms. The zero-order valence-corrected chi connectivity index (χ0v) is 11.9. The number of esters is 1. The number of hydrogen-bond donors (Lipinski definition) is 1. The Hall–Kier alpha value is -1.96. The molecule has 0 bridgehead atoms. The zero-order valence-electron chi connectivity index (χ0n) is 11.9. The molecule has 1 aliphatic carbocycles. The summed E-state index contributed by atoms with van der Waals surface area (Å²) in [5, 5.41) is 21.1. The van der Waals surface area contributed by atoms with E-state index in [0.717, 1.165) is 0 Å². The van der Waals surface area contributed by atoms with Crippen molar-refractivity contribution < 1.29 is 19.6 Å². The van der Waals surface area contributed by atoms with Gasteiger partial charge in [0.05, 0.1) is 24.7 Å². The molecule has 1 heterocycles. The Balaban J connectivity index is 1.92. The minimum atomic E-state index is -0.961. The number of nitrogens with zero attached hydrogens (tertiary/aromatic N) is 3. The van der Waals surface area contributed by atoms with Crippen LogP contribution in [0.1, 0.15) is 32.6 Å². The maximum Gasteiger partial charge on any atom is 0.381 e. The highest BCUT2D eigenvalue weighted by Gasteiger charge is 2.37. The molecular weight excluding hydrogens is 278 g/mol. The van der Waals surface area contributed by atoms with Gasteiger partial charge in [0.15, 0.2) is 0 Å². The van der Waals surface area contributed by atoms with Crippen molar-refractivity contribution in [3.05, 3.63) is 22.6 Å². The van der Waals surface area contributed by atoms with Crippen LogP contribution in [-0.2, 0) is 16.1 Å². The molecule has 116 valence electrons. The lowest BCUT2D eigenvalue weighted by atomic mass is 9.78. The van der Waals surface area contributed by atoms with Crippen molar-refractivity contribution in [1.29, 1.82) is 0 Å². The van der Waals surface area contributed by atoms with E-state index in [1.54, 1.807) is 6.92 Å². The van der Waals surface area contributed by atoms with Crippen molar-refractivity contribution in [2.24, 2.45) is 5.92 Å². The minimum Gasteiger partial charge on any atom is -0.466 e. The molecule has 1 saturated carbocycles. The molecule has 1 aromatic heterocycles. The Morgan fingerprint density at radius 2 is 2.29 bits per heavy atom. The first-order valence-corrected chi connectivity index (χ1v) is 6.99. The Morgan fingerprint density at radius 3 is 2.81 bits per heavy atom. The minimum absolute atomic E-state index is 0.164. The second-order valence-corrected chi connectivity index (χ2v) is 5.41. The molecule has 0 spiro atoms. The van der Waals surface area contributed by atoms with Gasteiger partial charge in [0.25, 0.3) is 0 Å². The summed E-state index contributed by atoms with van der Waals surface area (Å²) < 4.78 is 6.50. The molecule has 8 heteroatoms. The number of carbonyl (C=O) groups excluding carboxylic acids is 1. The van der Waals surface area contributed by atoms with Gasteiger partial charge in [0.1, 0.15) is 6.20 Å². The van der Waals surface area contributed by atoms with Gasteiger partial charge < -0.3 is 24.5 Å². The van der Waals surface area contributed by atoms with Gasteiger partial charge >= 0.3 is 11.8 Å². The number of ether oxygens (including phenoxy) is 1. The van der Waals surface area contributed by atoms with Gasteiger partial charge in [-0.2, -0.15) is 0 Å². The van der Waals surface area contributed by atoms with Gasteiger partial charge in [-0.15, -0.1) is 0 Å². The highest BCUT2D eigenvalue weighted by molar-refractivity contribution is 5.72. The maximum absolute atomic E-state index is 11.7. The van der Waals surface area contributed by atoms with Crippen LogP contribution in [0.25, 0.3) is 0 Å². The molecule has 1 aliphatic rings. The number of carbonyl (C=O) groups is 1. The summed E-state index contributed by atoms with van der Waals surface area (Å²) in [5.74, 6) is -0.612. The predicted molar refractivity (Wildman–Crippen MR) is 72.4 cm³/mol. The fourth-order valence-electron chi connectivity index (χ4n) is 2.68. The van der Waals surface area contributed by atoms with Gasteiger partial charge in [-0.3, -0.25) is 4.79 Å². The van der Waals surface area contributed by atoms with Crippen LogP contribution in [0.4, 0.5) is 5.82 Å². The standard InChI is InChI=1S/C13H19N3O5/c1-2-21-12(17)10-3-5-13(18,6-4-10)8-15-7-11(14-9-15)16(19)20/h7,9-10,18H,2-6,8H2,1H3. The predicted octanol–water partition coefficient (Wildman–Crippen LogP) is 1.28. The monoisotopic (exact) mass is 297 g/mol. The third-order valence-corrected chi connectivity index (χ3v) is 3.82. The van der Waals surface area contributed by atoms with E-state index in [4.69, 9.17) is 4.74 Å². The van der Waals surface area contributed by atoms with Crippen molar-refractivity contribution in [3.8, 4) is 0 Å². The first-order valence-electron chi connectivity index (χ1n) is 6.99. The van der Waals surface area contributed by atoms with E-state index in [1.807, 2.05) is 0 Å². The van der Waals surface area contributed by atoms with Crippen LogP contribution in [0.3, 0.4) is 0 Å². The van der Waals surface area contributed by atoms with E-state index >= 15 is 0 Å². The maximum atomic E-state index is 11.7. The molecule has 0 aromatic carbocycles. The SMILES string of the molecule is CCOC(=O)C1CCC(O)(Cn2cnc([N+](=O)[O-])c2)CC1. The highest BCUT2D eigenvalue weighted by Crippen LogP contribution is 2.34. The molecule has 1 fully saturated rings. The average Bonchev–Trinajstić information content (AvgIpc) is 2.88. The normalized spacial score (nSPS) is 25.5. The number of rotatable bonds is 5. The van der Waals surface area contributed by atoms with Gasteiger partial charge in [0, 0.05) is 0 Å². The number of nitro groups is 1. The summed E-state index contributed by atoms with van der Waals surface area (Å²) in [4.78, 5) is 25.3. The molecule has 1 N–H and O–H groups in total. The first kappa shape index (κ1) is 15.4. The highest BCUT2D eigenvalue weighted by atomic mass is 16.6. The second kappa shape index (κ2) is 6.21. The molecule has 1 aromatic rings. The van der Waals surface area contributed by atoms with E-state index in [2.05, 4.69) is 4.98 Å². The molecule has 0 aliphatic heterocycles. The van der Waals surface area contributed by atoms with Gasteiger partial charge in [-0.1, -0.05) is 0 Å². The van der Waals surface area contributed by atoms with Crippen LogP contribution in [0.5, 0.6) is 0 Å². The average molecular weight is 297 g/mol. The van der Waals surface area contributed by atoms with E-state index in [1.165, 1.54) is 17.1 Å². The smallest absolute Gasteiger partial charge is 0.381 e. The molecule has 0 saturated heterocycles. The molecule has 0 unspecified atom stereocenters. The van der Waals surface area contributed by atoms with Gasteiger partial charge in [-0.25, -0.2) is 0 Å². The van der Waals surface area contributed by atoms with Crippen LogP contribution in [0.2, 0.25) is 0 Å². The first-order chi connectivity index (χ1) is 9.93. The van der Waals surface area contributed by atoms with Crippen LogP contribution in [0.15, 0.2) is 12.5 Å². The number of aliphatic hydroxyl groups is 1. The van der Waals surface area contributed by atoms with Crippen molar-refractivity contribution in [2.45, 2.75) is 44.8 Å². The van der Waals surface area contributed by atoms with Gasteiger partial charge in [0.2, 0.25) is 6.33 Å². The summed E-state index contributed by atoms with van der Waals surface area (Å²) in [7, 11) is 0. The van der Waals surface area contributed by atoms with Crippen molar-refractivity contribution in [1.82, 2.24) is 9.55 Å². The third kappa shape index (κ3) is 3.78. The lowest BCUT2D eigenvalue weighted by Crippen LogP contribution is -2.39. The van der Waals surface area contributed by atoms with Crippen molar-refractivity contribution >= 4 is 11.8 Å². The summed E-state index contributed by atoms with van der Waals surface area (Å²) >= 11 is 0. The van der Waals surface area contributed by atoms with E-state index < -0.39 is 10.5 Å². The summed E-state index contributed by atoms with van der Waals surface area (Å²) in [6.07, 6.45) is 4.69. The Kier molecular flexibility index (Phi) is 4.56. The topological polar surface area (TPSA) is 107 Å². The molecular formula is C13H19N3O5. The van der Waals surface area contributed by atoms with Crippen LogP contribution in [0, 0.1) is 16.0 Å². The summed E-state index contributed by atoms with van der Waals surface area (Å²) in [6, 6.07) is 0. The quantitative estimate of drug-likeness (QED) is 0.498. The van der Waals surface area contributed by atoms with E-state index in [9.17, 15) is 20.0 Å². The fourth-order valence-corrected chi connectivity index (χ4v) is 2.68. The molecule has 0 radical (unpaired) electrons. The molecule has 2 rings (SSSR count). The van der Waals surface area contributed by atoms with Gasteiger partial charge in [-0.05, 0) is 42.5 Å². The largest absolute Gasteiger partial charge is 0.466 e. The van der Waals surface area contributed by atoms with E-state index in [0.29, 0.717) is 32.3 Å². The Morgan fingerprint density at radius 1 is 1.62 bits per heavy atom. The number of aromatic nitrogens is 2.